The zero-order valence-corrected chi connectivity index (χ0v) is 10.7. The molecule has 5 nitrogen and oxygen atoms in total. The van der Waals surface area contributed by atoms with Crippen molar-refractivity contribution in [2.45, 2.75) is 26.3 Å². The van der Waals surface area contributed by atoms with Crippen LogP contribution in [0.5, 0.6) is 0 Å². The van der Waals surface area contributed by atoms with Gasteiger partial charge in [-0.3, -0.25) is 0 Å². The summed E-state index contributed by atoms with van der Waals surface area (Å²) in [5.74, 6) is 1.74. The predicted octanol–water partition coefficient (Wildman–Crippen LogP) is 1.52. The van der Waals surface area contributed by atoms with E-state index < -0.39 is 0 Å². The molecule has 1 aliphatic heterocycles. The normalized spacial score (nSPS) is 17.0. The Balaban J connectivity index is 2.02. The van der Waals surface area contributed by atoms with Crippen LogP contribution in [0.15, 0.2) is 12.1 Å². The first kappa shape index (κ1) is 12.1. The van der Waals surface area contributed by atoms with Crippen LogP contribution in [0.25, 0.3) is 0 Å². The smallest absolute Gasteiger partial charge is 0.151 e. The molecular weight excluding hydrogens is 216 g/mol. The summed E-state index contributed by atoms with van der Waals surface area (Å²) in [4.78, 5) is 2.19. The molecule has 1 aliphatic rings. The van der Waals surface area contributed by atoms with Gasteiger partial charge in [0, 0.05) is 18.6 Å². The molecule has 0 atom stereocenters. The molecule has 94 valence electrons. The molecule has 2 heterocycles. The van der Waals surface area contributed by atoms with Crippen molar-refractivity contribution in [2.24, 2.45) is 0 Å². The van der Waals surface area contributed by atoms with Crippen molar-refractivity contribution < 1.29 is 4.74 Å². The molecule has 1 N–H and O–H groups in total. The number of aromatic nitrogens is 2. The lowest BCUT2D eigenvalue weighted by atomic mass is 10.1. The Bertz CT molecular complexity index is 352. The quantitative estimate of drug-likeness (QED) is 0.843. The lowest BCUT2D eigenvalue weighted by Gasteiger charge is -2.27. The van der Waals surface area contributed by atoms with Gasteiger partial charge in [-0.15, -0.1) is 10.2 Å². The summed E-state index contributed by atoms with van der Waals surface area (Å²) in [5.41, 5.74) is 0.00909. The van der Waals surface area contributed by atoms with Gasteiger partial charge in [0.1, 0.15) is 5.82 Å². The number of nitrogens with zero attached hydrogens (tertiary/aromatic N) is 3. The second kappa shape index (κ2) is 4.87. The maximum absolute atomic E-state index is 5.31. The minimum atomic E-state index is 0.00909. The summed E-state index contributed by atoms with van der Waals surface area (Å²) in [6.45, 7) is 9.62. The van der Waals surface area contributed by atoms with E-state index in [-0.39, 0.29) is 5.54 Å². The third-order valence-corrected chi connectivity index (χ3v) is 2.49. The Hall–Kier alpha value is -1.36. The van der Waals surface area contributed by atoms with Crippen molar-refractivity contribution in [1.82, 2.24) is 10.2 Å². The van der Waals surface area contributed by atoms with Crippen molar-refractivity contribution >= 4 is 11.6 Å². The Labute approximate surface area is 102 Å². The van der Waals surface area contributed by atoms with E-state index in [0.29, 0.717) is 0 Å². The van der Waals surface area contributed by atoms with Gasteiger partial charge in [0.05, 0.1) is 13.2 Å². The van der Waals surface area contributed by atoms with Gasteiger partial charge in [0.2, 0.25) is 0 Å². The maximum atomic E-state index is 5.31. The summed E-state index contributed by atoms with van der Waals surface area (Å²) >= 11 is 0. The van der Waals surface area contributed by atoms with Crippen molar-refractivity contribution in [2.75, 3.05) is 36.5 Å². The van der Waals surface area contributed by atoms with Gasteiger partial charge in [-0.05, 0) is 32.9 Å². The Morgan fingerprint density at radius 3 is 2.41 bits per heavy atom. The van der Waals surface area contributed by atoms with Crippen molar-refractivity contribution in [3.05, 3.63) is 12.1 Å². The molecule has 1 saturated heterocycles. The van der Waals surface area contributed by atoms with Crippen LogP contribution in [0.3, 0.4) is 0 Å². The summed E-state index contributed by atoms with van der Waals surface area (Å²) in [5, 5.41) is 11.7. The van der Waals surface area contributed by atoms with Crippen LogP contribution in [0, 0.1) is 0 Å². The van der Waals surface area contributed by atoms with Gasteiger partial charge in [-0.1, -0.05) is 0 Å². The van der Waals surface area contributed by atoms with Crippen LogP contribution in [0.1, 0.15) is 20.8 Å². The van der Waals surface area contributed by atoms with E-state index in [1.54, 1.807) is 0 Å². The predicted molar refractivity (Wildman–Crippen MR) is 68.4 cm³/mol. The summed E-state index contributed by atoms with van der Waals surface area (Å²) in [7, 11) is 0. The molecule has 1 aromatic rings. The second-order valence-corrected chi connectivity index (χ2v) is 5.25. The van der Waals surface area contributed by atoms with E-state index in [1.807, 2.05) is 12.1 Å². The van der Waals surface area contributed by atoms with Gasteiger partial charge in [0.15, 0.2) is 5.82 Å². The Morgan fingerprint density at radius 2 is 1.88 bits per heavy atom. The average Bonchev–Trinajstić information content (AvgIpc) is 2.29. The summed E-state index contributed by atoms with van der Waals surface area (Å²) < 4.78 is 5.31. The fourth-order valence-electron chi connectivity index (χ4n) is 1.74. The van der Waals surface area contributed by atoms with Crippen LogP contribution < -0.4 is 10.2 Å². The fraction of sp³-hybridized carbons (Fsp3) is 0.667. The van der Waals surface area contributed by atoms with Crippen LogP contribution in [-0.4, -0.2) is 42.0 Å². The second-order valence-electron chi connectivity index (χ2n) is 5.25. The minimum Gasteiger partial charge on any atom is -0.378 e. The first-order chi connectivity index (χ1) is 8.04. The third-order valence-electron chi connectivity index (χ3n) is 2.49. The van der Waals surface area contributed by atoms with E-state index in [2.05, 4.69) is 41.2 Å². The van der Waals surface area contributed by atoms with Gasteiger partial charge >= 0.3 is 0 Å². The van der Waals surface area contributed by atoms with Crippen LogP contribution in [-0.2, 0) is 4.74 Å². The van der Waals surface area contributed by atoms with Crippen molar-refractivity contribution in [3.8, 4) is 0 Å². The molecule has 1 aromatic heterocycles. The standard InChI is InChI=1S/C12H20N4O/c1-12(2,3)13-10-4-5-11(15-14-10)16-6-8-17-9-7-16/h4-5H,6-9H2,1-3H3,(H,13,14). The summed E-state index contributed by atoms with van der Waals surface area (Å²) in [6.07, 6.45) is 0. The molecule has 2 rings (SSSR count). The van der Waals surface area contributed by atoms with E-state index in [1.165, 1.54) is 0 Å². The van der Waals surface area contributed by atoms with Crippen LogP contribution in [0.2, 0.25) is 0 Å². The fourth-order valence-corrected chi connectivity index (χ4v) is 1.74. The zero-order chi connectivity index (χ0) is 12.3. The van der Waals surface area contributed by atoms with E-state index in [0.717, 1.165) is 37.9 Å². The molecule has 1 fully saturated rings. The first-order valence-corrected chi connectivity index (χ1v) is 5.99. The largest absolute Gasteiger partial charge is 0.378 e. The zero-order valence-electron chi connectivity index (χ0n) is 10.7. The third kappa shape index (κ3) is 3.56. The number of nitrogens with one attached hydrogen (secondary N) is 1. The summed E-state index contributed by atoms with van der Waals surface area (Å²) in [6, 6.07) is 3.98. The molecule has 5 heteroatoms. The van der Waals surface area contributed by atoms with E-state index in [9.17, 15) is 0 Å². The lowest BCUT2D eigenvalue weighted by Crippen LogP contribution is -2.37. The van der Waals surface area contributed by atoms with Gasteiger partial charge < -0.3 is 15.0 Å². The number of anilines is 2. The maximum Gasteiger partial charge on any atom is 0.151 e. The average molecular weight is 236 g/mol. The minimum absolute atomic E-state index is 0.00909. The molecule has 0 unspecified atom stereocenters. The van der Waals surface area contributed by atoms with Crippen LogP contribution >= 0.6 is 0 Å². The Morgan fingerprint density at radius 1 is 1.18 bits per heavy atom. The number of hydrogen-bond acceptors (Lipinski definition) is 5. The molecule has 0 amide bonds. The number of rotatable bonds is 2. The van der Waals surface area contributed by atoms with E-state index >= 15 is 0 Å². The highest BCUT2D eigenvalue weighted by Crippen LogP contribution is 2.15. The molecule has 0 saturated carbocycles. The molecule has 0 bridgehead atoms. The highest BCUT2D eigenvalue weighted by molar-refractivity contribution is 5.44. The van der Waals surface area contributed by atoms with Crippen molar-refractivity contribution in [3.63, 3.8) is 0 Å². The Kier molecular flexibility index (Phi) is 3.47. The molecule has 0 spiro atoms. The van der Waals surface area contributed by atoms with Gasteiger partial charge in [-0.25, -0.2) is 0 Å². The lowest BCUT2D eigenvalue weighted by molar-refractivity contribution is 0.122. The highest BCUT2D eigenvalue weighted by atomic mass is 16.5. The SMILES string of the molecule is CC(C)(C)Nc1ccc(N2CCOCC2)nn1. The molecule has 0 radical (unpaired) electrons. The van der Waals surface area contributed by atoms with Crippen LogP contribution in [0.4, 0.5) is 11.6 Å². The number of morpholine rings is 1. The van der Waals surface area contributed by atoms with Gasteiger partial charge in [-0.2, -0.15) is 0 Å². The number of ether oxygens (including phenoxy) is 1. The monoisotopic (exact) mass is 236 g/mol. The first-order valence-electron chi connectivity index (χ1n) is 5.99. The molecule has 0 aromatic carbocycles. The molecular formula is C12H20N4O. The highest BCUT2D eigenvalue weighted by Gasteiger charge is 2.14. The number of hydrogen-bond donors (Lipinski definition) is 1. The van der Waals surface area contributed by atoms with Crippen molar-refractivity contribution in [1.29, 1.82) is 0 Å². The molecule has 0 aliphatic carbocycles. The topological polar surface area (TPSA) is 50.3 Å². The van der Waals surface area contributed by atoms with E-state index in [4.69, 9.17) is 4.74 Å². The molecule has 17 heavy (non-hydrogen) atoms. The van der Waals surface area contributed by atoms with Gasteiger partial charge in [0.25, 0.3) is 0 Å².